The van der Waals surface area contributed by atoms with Crippen molar-refractivity contribution in [3.05, 3.63) is 57.6 Å². The number of rotatable bonds is 3. The van der Waals surface area contributed by atoms with Gasteiger partial charge in [0.15, 0.2) is 23.3 Å². The highest BCUT2D eigenvalue weighted by molar-refractivity contribution is 7.21. The van der Waals surface area contributed by atoms with Crippen LogP contribution in [0.1, 0.15) is 19.6 Å². The quantitative estimate of drug-likeness (QED) is 0.176. The Morgan fingerprint density at radius 3 is 2.24 bits per heavy atom. The Morgan fingerprint density at radius 1 is 1.09 bits per heavy atom. The maximum atomic E-state index is 14.1. The Kier molecular flexibility index (Phi) is 5.37. The summed E-state index contributed by atoms with van der Waals surface area (Å²) in [4.78, 5) is 29.6. The van der Waals surface area contributed by atoms with Gasteiger partial charge in [-0.05, 0) is 25.5 Å². The van der Waals surface area contributed by atoms with E-state index >= 15 is 0 Å². The molecule has 1 aromatic carbocycles. The predicted molar refractivity (Wildman–Crippen MR) is 106 cm³/mol. The summed E-state index contributed by atoms with van der Waals surface area (Å²) < 4.78 is 74.1. The van der Waals surface area contributed by atoms with E-state index in [9.17, 15) is 36.8 Å². The third-order valence-corrected chi connectivity index (χ3v) is 5.96. The standard InChI is InChI=1S/C21H10F5N3O3S/c1-3-29-20(30)9(7(2)10(6-27)21(29)31)4-8-5-11-18(32-8)28-19(33-11)12-13(22)15(24)17(26)16(25)14(12)23/h4-5H,3H2,1-2H3/b9-4-. The maximum absolute atomic E-state index is 14.1. The first-order chi connectivity index (χ1) is 15.6. The van der Waals surface area contributed by atoms with Gasteiger partial charge >= 0.3 is 0 Å². The van der Waals surface area contributed by atoms with E-state index in [4.69, 9.17) is 4.42 Å². The smallest absolute Gasteiger partial charge is 0.271 e. The van der Waals surface area contributed by atoms with Crippen LogP contribution in [0.15, 0.2) is 27.2 Å². The SMILES string of the molecule is CCN1C(=O)C(C#N)=C(C)/C(=C/c2cc3sc(-c4c(F)c(F)c(F)c(F)c4F)nc3o2)C1=O. The lowest BCUT2D eigenvalue weighted by Gasteiger charge is -2.25. The van der Waals surface area contributed by atoms with Crippen LogP contribution in [-0.4, -0.2) is 28.2 Å². The van der Waals surface area contributed by atoms with Gasteiger partial charge in [0.05, 0.1) is 10.3 Å². The van der Waals surface area contributed by atoms with Crippen LogP contribution in [0.3, 0.4) is 0 Å². The number of furan rings is 1. The van der Waals surface area contributed by atoms with E-state index in [0.29, 0.717) is 11.3 Å². The molecule has 33 heavy (non-hydrogen) atoms. The summed E-state index contributed by atoms with van der Waals surface area (Å²) in [6, 6.07) is 3.11. The van der Waals surface area contributed by atoms with Crippen molar-refractivity contribution in [2.45, 2.75) is 13.8 Å². The molecule has 12 heteroatoms. The van der Waals surface area contributed by atoms with Gasteiger partial charge in [-0.25, -0.2) is 26.9 Å². The minimum Gasteiger partial charge on any atom is -0.437 e. The van der Waals surface area contributed by atoms with Gasteiger partial charge in [0, 0.05) is 18.2 Å². The minimum absolute atomic E-state index is 0.0226. The maximum Gasteiger partial charge on any atom is 0.271 e. The number of nitriles is 1. The number of nitrogens with zero attached hydrogens (tertiary/aromatic N) is 3. The second-order valence-corrected chi connectivity index (χ2v) is 7.84. The van der Waals surface area contributed by atoms with Crippen LogP contribution >= 0.6 is 11.3 Å². The molecule has 0 atom stereocenters. The zero-order chi connectivity index (χ0) is 24.2. The first-order valence-corrected chi connectivity index (χ1v) is 10.0. The fourth-order valence-electron chi connectivity index (χ4n) is 3.28. The highest BCUT2D eigenvalue weighted by atomic mass is 32.1. The summed E-state index contributed by atoms with van der Waals surface area (Å²) in [7, 11) is 0. The molecule has 3 heterocycles. The molecule has 0 fully saturated rings. The molecule has 0 unspecified atom stereocenters. The normalized spacial score (nSPS) is 15.8. The Labute approximate surface area is 185 Å². The molecule has 6 nitrogen and oxygen atoms in total. The Hall–Kier alpha value is -3.85. The number of aromatic nitrogens is 1. The van der Waals surface area contributed by atoms with Crippen molar-refractivity contribution >= 4 is 39.6 Å². The van der Waals surface area contributed by atoms with Gasteiger partial charge in [0.25, 0.3) is 11.8 Å². The fraction of sp³-hybridized carbons (Fsp3) is 0.143. The summed E-state index contributed by atoms with van der Waals surface area (Å²) in [5.74, 6) is -11.8. The highest BCUT2D eigenvalue weighted by Gasteiger charge is 2.35. The lowest BCUT2D eigenvalue weighted by Crippen LogP contribution is -2.42. The van der Waals surface area contributed by atoms with Crippen molar-refractivity contribution in [2.24, 2.45) is 0 Å². The Bertz CT molecular complexity index is 1420. The summed E-state index contributed by atoms with van der Waals surface area (Å²) in [6.07, 6.45) is 1.27. The second-order valence-electron chi connectivity index (χ2n) is 6.81. The molecule has 2 aromatic heterocycles. The third kappa shape index (κ3) is 3.32. The van der Waals surface area contributed by atoms with E-state index in [0.717, 1.165) is 4.90 Å². The number of carbonyl (C=O) groups is 2. The molecular formula is C21H10F5N3O3S. The average Bonchev–Trinajstić information content (AvgIpc) is 3.33. The van der Waals surface area contributed by atoms with Gasteiger partial charge in [-0.2, -0.15) is 5.26 Å². The van der Waals surface area contributed by atoms with Gasteiger partial charge < -0.3 is 4.42 Å². The minimum atomic E-state index is -2.28. The molecule has 2 amide bonds. The number of halogens is 5. The molecule has 1 aliphatic rings. The topological polar surface area (TPSA) is 87.2 Å². The van der Waals surface area contributed by atoms with E-state index < -0.39 is 51.5 Å². The molecule has 0 radical (unpaired) electrons. The second kappa shape index (κ2) is 7.93. The Balaban J connectivity index is 1.80. The molecule has 0 N–H and O–H groups in total. The summed E-state index contributed by atoms with van der Waals surface area (Å²) in [5.41, 5.74) is -1.39. The molecule has 3 aromatic rings. The average molecular weight is 479 g/mol. The van der Waals surface area contributed by atoms with Crippen LogP contribution in [0.2, 0.25) is 0 Å². The van der Waals surface area contributed by atoms with Crippen molar-refractivity contribution < 1.29 is 36.0 Å². The zero-order valence-electron chi connectivity index (χ0n) is 16.7. The highest BCUT2D eigenvalue weighted by Crippen LogP contribution is 2.38. The molecule has 168 valence electrons. The van der Waals surface area contributed by atoms with Gasteiger partial charge in [-0.15, -0.1) is 11.3 Å². The van der Waals surface area contributed by atoms with Crippen molar-refractivity contribution in [1.82, 2.24) is 9.88 Å². The summed E-state index contributed by atoms with van der Waals surface area (Å²) >= 11 is 0.613. The molecule has 0 bridgehead atoms. The summed E-state index contributed by atoms with van der Waals surface area (Å²) in [5, 5.41) is 8.78. The van der Waals surface area contributed by atoms with E-state index in [2.05, 4.69) is 4.98 Å². The van der Waals surface area contributed by atoms with Crippen molar-refractivity contribution in [3.63, 3.8) is 0 Å². The number of thiazole rings is 1. The van der Waals surface area contributed by atoms with Crippen molar-refractivity contribution in [3.8, 4) is 16.6 Å². The number of amides is 2. The molecule has 4 rings (SSSR count). The van der Waals surface area contributed by atoms with E-state index in [1.54, 1.807) is 13.0 Å². The van der Waals surface area contributed by atoms with Crippen molar-refractivity contribution in [1.29, 1.82) is 5.26 Å². The zero-order valence-corrected chi connectivity index (χ0v) is 17.5. The molecule has 0 saturated heterocycles. The van der Waals surface area contributed by atoms with E-state index in [1.807, 2.05) is 0 Å². The van der Waals surface area contributed by atoms with Gasteiger partial charge in [0.2, 0.25) is 11.5 Å². The third-order valence-electron chi connectivity index (χ3n) is 4.96. The van der Waals surface area contributed by atoms with Crippen LogP contribution < -0.4 is 0 Å². The molecular weight excluding hydrogens is 469 g/mol. The molecule has 0 saturated carbocycles. The van der Waals surface area contributed by atoms with Gasteiger partial charge in [0.1, 0.15) is 22.4 Å². The first-order valence-electron chi connectivity index (χ1n) is 9.22. The molecule has 0 aliphatic carbocycles. The number of hydrogen-bond acceptors (Lipinski definition) is 6. The molecule has 0 spiro atoms. The van der Waals surface area contributed by atoms with Gasteiger partial charge in [-0.1, -0.05) is 0 Å². The first kappa shape index (κ1) is 22.3. The number of likely N-dealkylation sites (N-methyl/N-ethyl adjacent to an activating group) is 1. The number of fused-ring (bicyclic) bond motifs is 1. The largest absolute Gasteiger partial charge is 0.437 e. The fourth-order valence-corrected chi connectivity index (χ4v) is 4.25. The van der Waals surface area contributed by atoms with Crippen molar-refractivity contribution in [2.75, 3.05) is 6.54 Å². The van der Waals surface area contributed by atoms with Crippen LogP contribution in [-0.2, 0) is 9.59 Å². The summed E-state index contributed by atoms with van der Waals surface area (Å²) in [6.45, 7) is 3.03. The number of imide groups is 1. The van der Waals surface area contributed by atoms with Crippen LogP contribution in [0, 0.1) is 40.4 Å². The number of carbonyl (C=O) groups excluding carboxylic acids is 2. The monoisotopic (exact) mass is 479 g/mol. The van der Waals surface area contributed by atoms with Gasteiger partial charge in [-0.3, -0.25) is 14.5 Å². The lowest BCUT2D eigenvalue weighted by molar-refractivity contribution is -0.140. The number of hydrogen-bond donors (Lipinski definition) is 0. The van der Waals surface area contributed by atoms with Crippen LogP contribution in [0.25, 0.3) is 27.1 Å². The van der Waals surface area contributed by atoms with E-state index in [1.165, 1.54) is 19.1 Å². The predicted octanol–water partition coefficient (Wildman–Crippen LogP) is 4.86. The van der Waals surface area contributed by atoms with Crippen LogP contribution in [0.4, 0.5) is 22.0 Å². The van der Waals surface area contributed by atoms with E-state index in [-0.39, 0.29) is 39.4 Å². The number of benzene rings is 1. The lowest BCUT2D eigenvalue weighted by atomic mass is 9.95. The Morgan fingerprint density at radius 2 is 1.70 bits per heavy atom. The van der Waals surface area contributed by atoms with Crippen LogP contribution in [0.5, 0.6) is 0 Å². The molecule has 1 aliphatic heterocycles.